The fourth-order valence-corrected chi connectivity index (χ4v) is 2.33. The standard InChI is InChI=1S/C16H28N4S.HI/c1-17-16(19-11-13-21-3)18-10-7-12-20(2)14-15-8-5-4-6-9-15;/h4-6,8-9H,7,10-14H2,1-3H3,(H2,17,18,19);1H. The molecule has 0 spiro atoms. The Balaban J connectivity index is 0.00000441. The molecule has 0 amide bonds. The molecule has 0 atom stereocenters. The second kappa shape index (κ2) is 14.1. The molecule has 1 aromatic rings. The normalized spacial score (nSPS) is 11.2. The Morgan fingerprint density at radius 3 is 2.50 bits per heavy atom. The van der Waals surface area contributed by atoms with E-state index in [0.717, 1.165) is 44.3 Å². The topological polar surface area (TPSA) is 39.7 Å². The van der Waals surface area contributed by atoms with Crippen molar-refractivity contribution >= 4 is 41.7 Å². The Morgan fingerprint density at radius 1 is 1.18 bits per heavy atom. The first-order valence-electron chi connectivity index (χ1n) is 7.42. The van der Waals surface area contributed by atoms with E-state index < -0.39 is 0 Å². The molecule has 0 saturated carbocycles. The number of thioether (sulfide) groups is 1. The third-order valence-corrected chi connectivity index (χ3v) is 3.74. The van der Waals surface area contributed by atoms with Crippen LogP contribution in [0.2, 0.25) is 0 Å². The van der Waals surface area contributed by atoms with Crippen LogP contribution in [-0.2, 0) is 6.54 Å². The maximum absolute atomic E-state index is 4.22. The minimum atomic E-state index is 0. The molecule has 1 rings (SSSR count). The van der Waals surface area contributed by atoms with E-state index >= 15 is 0 Å². The molecule has 0 aliphatic rings. The molecule has 0 heterocycles. The summed E-state index contributed by atoms with van der Waals surface area (Å²) in [6, 6.07) is 10.6. The van der Waals surface area contributed by atoms with E-state index in [1.165, 1.54) is 5.56 Å². The number of hydrogen-bond donors (Lipinski definition) is 2. The summed E-state index contributed by atoms with van der Waals surface area (Å²) in [5.74, 6) is 2.00. The first kappa shape index (κ1) is 21.5. The van der Waals surface area contributed by atoms with Gasteiger partial charge in [-0.15, -0.1) is 24.0 Å². The molecule has 126 valence electrons. The fraction of sp³-hybridized carbons (Fsp3) is 0.562. The minimum absolute atomic E-state index is 0. The molecular weight excluding hydrogens is 407 g/mol. The van der Waals surface area contributed by atoms with Crippen LogP contribution < -0.4 is 10.6 Å². The molecule has 1 aromatic carbocycles. The summed E-state index contributed by atoms with van der Waals surface area (Å²) in [5.41, 5.74) is 1.36. The number of rotatable bonds is 9. The Bertz CT molecular complexity index is 400. The smallest absolute Gasteiger partial charge is 0.191 e. The van der Waals surface area contributed by atoms with E-state index in [2.05, 4.69) is 64.2 Å². The van der Waals surface area contributed by atoms with Gasteiger partial charge < -0.3 is 15.5 Å². The maximum Gasteiger partial charge on any atom is 0.191 e. The molecule has 0 aliphatic carbocycles. The van der Waals surface area contributed by atoms with Crippen LogP contribution in [0.5, 0.6) is 0 Å². The lowest BCUT2D eigenvalue weighted by atomic mass is 10.2. The largest absolute Gasteiger partial charge is 0.356 e. The zero-order valence-electron chi connectivity index (χ0n) is 13.8. The summed E-state index contributed by atoms with van der Waals surface area (Å²) >= 11 is 1.84. The summed E-state index contributed by atoms with van der Waals surface area (Å²) in [7, 11) is 3.98. The number of hydrogen-bond acceptors (Lipinski definition) is 3. The third kappa shape index (κ3) is 10.3. The SMILES string of the molecule is CN=C(NCCCN(C)Cc1ccccc1)NCCSC.I. The molecule has 0 fully saturated rings. The van der Waals surface area contributed by atoms with E-state index in [1.807, 2.05) is 18.8 Å². The van der Waals surface area contributed by atoms with Crippen molar-refractivity contribution in [1.82, 2.24) is 15.5 Å². The summed E-state index contributed by atoms with van der Waals surface area (Å²) in [6.07, 6.45) is 3.22. The summed E-state index contributed by atoms with van der Waals surface area (Å²) in [4.78, 5) is 6.56. The fourth-order valence-electron chi connectivity index (χ4n) is 2.02. The Hall–Kier alpha value is -0.470. The second-order valence-corrected chi connectivity index (χ2v) is 5.98. The Morgan fingerprint density at radius 2 is 1.86 bits per heavy atom. The van der Waals surface area contributed by atoms with Crippen LogP contribution in [0.25, 0.3) is 0 Å². The van der Waals surface area contributed by atoms with Crippen LogP contribution >= 0.6 is 35.7 Å². The lowest BCUT2D eigenvalue weighted by Gasteiger charge is -2.17. The van der Waals surface area contributed by atoms with Crippen molar-refractivity contribution in [3.8, 4) is 0 Å². The van der Waals surface area contributed by atoms with Crippen LogP contribution in [0.1, 0.15) is 12.0 Å². The molecule has 0 radical (unpaired) electrons. The van der Waals surface area contributed by atoms with Gasteiger partial charge in [-0.3, -0.25) is 4.99 Å². The third-order valence-electron chi connectivity index (χ3n) is 3.13. The van der Waals surface area contributed by atoms with Crippen LogP contribution in [0.15, 0.2) is 35.3 Å². The van der Waals surface area contributed by atoms with Gasteiger partial charge in [0.05, 0.1) is 0 Å². The number of nitrogens with zero attached hydrogens (tertiary/aromatic N) is 2. The predicted molar refractivity (Wildman–Crippen MR) is 111 cm³/mol. The molecule has 0 unspecified atom stereocenters. The lowest BCUT2D eigenvalue weighted by molar-refractivity contribution is 0.322. The number of benzene rings is 1. The maximum atomic E-state index is 4.22. The summed E-state index contributed by atoms with van der Waals surface area (Å²) in [6.45, 7) is 3.97. The van der Waals surface area contributed by atoms with E-state index in [0.29, 0.717) is 0 Å². The van der Waals surface area contributed by atoms with Crippen LogP contribution in [0.3, 0.4) is 0 Å². The number of guanidine groups is 1. The number of aliphatic imine (C=N–C) groups is 1. The van der Waals surface area contributed by atoms with Crippen LogP contribution in [0.4, 0.5) is 0 Å². The van der Waals surface area contributed by atoms with Crippen molar-refractivity contribution in [2.45, 2.75) is 13.0 Å². The highest BCUT2D eigenvalue weighted by atomic mass is 127. The zero-order chi connectivity index (χ0) is 15.3. The highest BCUT2D eigenvalue weighted by Crippen LogP contribution is 2.02. The Labute approximate surface area is 156 Å². The molecule has 0 aromatic heterocycles. The number of nitrogens with one attached hydrogen (secondary N) is 2. The van der Waals surface area contributed by atoms with Crippen molar-refractivity contribution in [2.24, 2.45) is 4.99 Å². The molecule has 4 nitrogen and oxygen atoms in total. The quantitative estimate of drug-likeness (QED) is 0.270. The van der Waals surface area contributed by atoms with E-state index in [-0.39, 0.29) is 24.0 Å². The minimum Gasteiger partial charge on any atom is -0.356 e. The van der Waals surface area contributed by atoms with Crippen molar-refractivity contribution < 1.29 is 0 Å². The predicted octanol–water partition coefficient (Wildman–Crippen LogP) is 2.65. The highest BCUT2D eigenvalue weighted by Gasteiger charge is 2.00. The van der Waals surface area contributed by atoms with E-state index in [4.69, 9.17) is 0 Å². The lowest BCUT2D eigenvalue weighted by Crippen LogP contribution is -2.39. The van der Waals surface area contributed by atoms with Gasteiger partial charge in [0, 0.05) is 32.4 Å². The molecule has 0 saturated heterocycles. The zero-order valence-corrected chi connectivity index (χ0v) is 17.0. The van der Waals surface area contributed by atoms with Gasteiger partial charge in [-0.2, -0.15) is 11.8 Å². The van der Waals surface area contributed by atoms with Crippen molar-refractivity contribution in [1.29, 1.82) is 0 Å². The average Bonchev–Trinajstić information content (AvgIpc) is 2.50. The van der Waals surface area contributed by atoms with Crippen molar-refractivity contribution in [3.05, 3.63) is 35.9 Å². The Kier molecular flexibility index (Phi) is 13.8. The second-order valence-electron chi connectivity index (χ2n) is 5.00. The monoisotopic (exact) mass is 436 g/mol. The number of halogens is 1. The van der Waals surface area contributed by atoms with Crippen LogP contribution in [-0.4, -0.2) is 56.6 Å². The van der Waals surface area contributed by atoms with Crippen LogP contribution in [0, 0.1) is 0 Å². The molecule has 0 aliphatic heterocycles. The van der Waals surface area contributed by atoms with Crippen molar-refractivity contribution in [2.75, 3.05) is 45.7 Å². The molecule has 6 heteroatoms. The highest BCUT2D eigenvalue weighted by molar-refractivity contribution is 14.0. The van der Waals surface area contributed by atoms with Gasteiger partial charge >= 0.3 is 0 Å². The van der Waals surface area contributed by atoms with Gasteiger partial charge in [-0.25, -0.2) is 0 Å². The van der Waals surface area contributed by atoms with E-state index in [9.17, 15) is 0 Å². The first-order chi connectivity index (χ1) is 10.3. The van der Waals surface area contributed by atoms with Gasteiger partial charge in [0.25, 0.3) is 0 Å². The summed E-state index contributed by atoms with van der Waals surface area (Å²) < 4.78 is 0. The summed E-state index contributed by atoms with van der Waals surface area (Å²) in [5, 5.41) is 6.65. The average molecular weight is 436 g/mol. The molecular formula is C16H29IN4S. The molecule has 0 bridgehead atoms. The molecule has 2 N–H and O–H groups in total. The van der Waals surface area contributed by atoms with Gasteiger partial charge in [-0.05, 0) is 31.8 Å². The van der Waals surface area contributed by atoms with Gasteiger partial charge in [0.2, 0.25) is 0 Å². The van der Waals surface area contributed by atoms with Gasteiger partial charge in [0.15, 0.2) is 5.96 Å². The van der Waals surface area contributed by atoms with Gasteiger partial charge in [-0.1, -0.05) is 30.3 Å². The van der Waals surface area contributed by atoms with E-state index in [1.54, 1.807) is 0 Å². The van der Waals surface area contributed by atoms with Gasteiger partial charge in [0.1, 0.15) is 0 Å². The van der Waals surface area contributed by atoms with Crippen molar-refractivity contribution in [3.63, 3.8) is 0 Å². The molecule has 22 heavy (non-hydrogen) atoms. The first-order valence-corrected chi connectivity index (χ1v) is 8.81.